The summed E-state index contributed by atoms with van der Waals surface area (Å²) in [5.74, 6) is 1.54. The molecule has 1 amide bonds. The smallest absolute Gasteiger partial charge is 0.265 e. The van der Waals surface area contributed by atoms with E-state index in [0.29, 0.717) is 39.9 Å². The highest BCUT2D eigenvalue weighted by Gasteiger charge is 2.19. The van der Waals surface area contributed by atoms with Gasteiger partial charge in [0, 0.05) is 23.6 Å². The second kappa shape index (κ2) is 8.74. The van der Waals surface area contributed by atoms with Crippen molar-refractivity contribution in [3.05, 3.63) is 60.9 Å². The van der Waals surface area contributed by atoms with Gasteiger partial charge in [-0.05, 0) is 49.4 Å². The Morgan fingerprint density at radius 2 is 1.81 bits per heavy atom. The van der Waals surface area contributed by atoms with Gasteiger partial charge in [-0.1, -0.05) is 6.07 Å². The van der Waals surface area contributed by atoms with E-state index in [9.17, 15) is 4.79 Å². The van der Waals surface area contributed by atoms with E-state index >= 15 is 0 Å². The molecule has 0 spiro atoms. The number of rotatable bonds is 7. The summed E-state index contributed by atoms with van der Waals surface area (Å²) < 4.78 is 22.2. The van der Waals surface area contributed by atoms with Crippen LogP contribution in [0.1, 0.15) is 6.92 Å². The van der Waals surface area contributed by atoms with E-state index in [4.69, 9.17) is 18.6 Å². The quantitative estimate of drug-likeness (QED) is 0.477. The molecule has 8 nitrogen and oxygen atoms in total. The van der Waals surface area contributed by atoms with Crippen molar-refractivity contribution in [2.24, 2.45) is 0 Å². The molecule has 0 bridgehead atoms. The van der Waals surface area contributed by atoms with Crippen LogP contribution in [0.25, 0.3) is 22.6 Å². The number of pyridine rings is 1. The number of nitrogens with one attached hydrogen (secondary N) is 1. The van der Waals surface area contributed by atoms with E-state index in [1.807, 2.05) is 12.1 Å². The molecule has 2 heterocycles. The highest BCUT2D eigenvalue weighted by molar-refractivity contribution is 5.95. The van der Waals surface area contributed by atoms with E-state index in [1.54, 1.807) is 55.7 Å². The van der Waals surface area contributed by atoms with Crippen molar-refractivity contribution in [1.82, 2.24) is 9.97 Å². The molecule has 0 saturated carbocycles. The summed E-state index contributed by atoms with van der Waals surface area (Å²) in [4.78, 5) is 21.2. The van der Waals surface area contributed by atoms with Crippen LogP contribution in [0.15, 0.2) is 65.3 Å². The molecule has 2 aromatic heterocycles. The van der Waals surface area contributed by atoms with Crippen molar-refractivity contribution in [3.63, 3.8) is 0 Å². The lowest BCUT2D eigenvalue weighted by atomic mass is 10.2. The maximum absolute atomic E-state index is 12.7. The van der Waals surface area contributed by atoms with Gasteiger partial charge in [0.1, 0.15) is 5.52 Å². The van der Waals surface area contributed by atoms with Gasteiger partial charge < -0.3 is 23.9 Å². The lowest BCUT2D eigenvalue weighted by Crippen LogP contribution is -2.30. The summed E-state index contributed by atoms with van der Waals surface area (Å²) in [6.07, 6.45) is 2.57. The molecule has 0 aliphatic heterocycles. The number of para-hydroxylation sites is 1. The predicted octanol–water partition coefficient (Wildman–Crippen LogP) is 4.31. The van der Waals surface area contributed by atoms with Crippen molar-refractivity contribution in [2.75, 3.05) is 19.5 Å². The number of benzene rings is 2. The van der Waals surface area contributed by atoms with Crippen LogP contribution in [-0.2, 0) is 4.79 Å². The van der Waals surface area contributed by atoms with Crippen LogP contribution < -0.4 is 19.5 Å². The number of carbonyl (C=O) groups is 1. The molecule has 0 fully saturated rings. The Labute approximate surface area is 178 Å². The monoisotopic (exact) mass is 419 g/mol. The van der Waals surface area contributed by atoms with Gasteiger partial charge in [-0.2, -0.15) is 0 Å². The highest BCUT2D eigenvalue weighted by Crippen LogP contribution is 2.37. The van der Waals surface area contributed by atoms with Crippen LogP contribution in [0.2, 0.25) is 0 Å². The maximum atomic E-state index is 12.7. The zero-order valence-electron chi connectivity index (χ0n) is 17.3. The number of hydrogen-bond acceptors (Lipinski definition) is 7. The van der Waals surface area contributed by atoms with Crippen LogP contribution >= 0.6 is 0 Å². The standard InChI is InChI=1S/C23H21N3O5/c1-14(30-20-6-4-5-19(28-2)21(20)29-3)22(27)25-16-7-8-18-17(13-16)26-23(31-18)15-9-11-24-12-10-15/h4-14H,1-3H3,(H,25,27). The fourth-order valence-electron chi connectivity index (χ4n) is 3.06. The molecule has 4 rings (SSSR count). The molecule has 0 radical (unpaired) electrons. The predicted molar refractivity (Wildman–Crippen MR) is 116 cm³/mol. The maximum Gasteiger partial charge on any atom is 0.265 e. The third-order valence-corrected chi connectivity index (χ3v) is 4.62. The number of ether oxygens (including phenoxy) is 3. The lowest BCUT2D eigenvalue weighted by molar-refractivity contribution is -0.122. The first kappa shape index (κ1) is 20.2. The molecule has 0 aliphatic rings. The van der Waals surface area contributed by atoms with Crippen LogP contribution in [0, 0.1) is 0 Å². The van der Waals surface area contributed by atoms with Crippen molar-refractivity contribution < 1.29 is 23.4 Å². The molecule has 31 heavy (non-hydrogen) atoms. The van der Waals surface area contributed by atoms with Gasteiger partial charge in [-0.15, -0.1) is 0 Å². The van der Waals surface area contributed by atoms with Crippen molar-refractivity contribution in [2.45, 2.75) is 13.0 Å². The fraction of sp³-hybridized carbons (Fsp3) is 0.174. The lowest BCUT2D eigenvalue weighted by Gasteiger charge is -2.18. The summed E-state index contributed by atoms with van der Waals surface area (Å²) >= 11 is 0. The van der Waals surface area contributed by atoms with Crippen molar-refractivity contribution in [3.8, 4) is 28.7 Å². The molecule has 4 aromatic rings. The molecule has 1 atom stereocenters. The molecule has 1 N–H and O–H groups in total. The third-order valence-electron chi connectivity index (χ3n) is 4.62. The number of methoxy groups -OCH3 is 2. The summed E-state index contributed by atoms with van der Waals surface area (Å²) in [6.45, 7) is 1.66. The highest BCUT2D eigenvalue weighted by atomic mass is 16.5. The number of nitrogens with zero attached hydrogens (tertiary/aromatic N) is 2. The van der Waals surface area contributed by atoms with E-state index in [-0.39, 0.29) is 5.91 Å². The largest absolute Gasteiger partial charge is 0.493 e. The SMILES string of the molecule is COc1cccc(OC(C)C(=O)Nc2ccc3oc(-c4ccncc4)nc3c2)c1OC. The molecule has 1 unspecified atom stereocenters. The van der Waals surface area contributed by atoms with Gasteiger partial charge in [-0.25, -0.2) is 4.98 Å². The second-order valence-corrected chi connectivity index (χ2v) is 6.68. The summed E-state index contributed by atoms with van der Waals surface area (Å²) in [5, 5.41) is 2.84. The summed E-state index contributed by atoms with van der Waals surface area (Å²) in [5.41, 5.74) is 2.66. The van der Waals surface area contributed by atoms with Gasteiger partial charge >= 0.3 is 0 Å². The van der Waals surface area contributed by atoms with Crippen molar-refractivity contribution >= 4 is 22.7 Å². The molecule has 158 valence electrons. The van der Waals surface area contributed by atoms with Crippen molar-refractivity contribution in [1.29, 1.82) is 0 Å². The van der Waals surface area contributed by atoms with Crippen LogP contribution in [-0.4, -0.2) is 36.2 Å². The Morgan fingerprint density at radius 1 is 1.03 bits per heavy atom. The van der Waals surface area contributed by atoms with Crippen LogP contribution in [0.3, 0.4) is 0 Å². The van der Waals surface area contributed by atoms with Gasteiger partial charge in [0.15, 0.2) is 23.2 Å². The van der Waals surface area contributed by atoms with Gasteiger partial charge in [0.25, 0.3) is 5.91 Å². The topological polar surface area (TPSA) is 95.7 Å². The Morgan fingerprint density at radius 3 is 2.55 bits per heavy atom. The van der Waals surface area contributed by atoms with E-state index in [0.717, 1.165) is 5.56 Å². The number of fused-ring (bicyclic) bond motifs is 1. The zero-order chi connectivity index (χ0) is 21.8. The third kappa shape index (κ3) is 4.28. The molecule has 0 saturated heterocycles. The summed E-state index contributed by atoms with van der Waals surface area (Å²) in [7, 11) is 3.06. The Bertz CT molecular complexity index is 1210. The average molecular weight is 419 g/mol. The number of amides is 1. The van der Waals surface area contributed by atoms with Crippen LogP contribution in [0.5, 0.6) is 17.2 Å². The van der Waals surface area contributed by atoms with Gasteiger partial charge in [0.05, 0.1) is 14.2 Å². The summed E-state index contributed by atoms with van der Waals surface area (Å²) in [6, 6.07) is 14.1. The number of anilines is 1. The Kier molecular flexibility index (Phi) is 5.70. The van der Waals surface area contributed by atoms with Crippen LogP contribution in [0.4, 0.5) is 5.69 Å². The number of hydrogen-bond donors (Lipinski definition) is 1. The number of carbonyl (C=O) groups excluding carboxylic acids is 1. The first-order valence-corrected chi connectivity index (χ1v) is 9.58. The van der Waals surface area contributed by atoms with E-state index < -0.39 is 6.10 Å². The minimum atomic E-state index is -0.776. The van der Waals surface area contributed by atoms with Gasteiger partial charge in [0.2, 0.25) is 11.6 Å². The van der Waals surface area contributed by atoms with E-state index in [1.165, 1.54) is 14.2 Å². The molecular formula is C23H21N3O5. The molecular weight excluding hydrogens is 398 g/mol. The Hall–Kier alpha value is -4.07. The van der Waals surface area contributed by atoms with Gasteiger partial charge in [-0.3, -0.25) is 9.78 Å². The van der Waals surface area contributed by atoms with E-state index in [2.05, 4.69) is 15.3 Å². The number of aromatic nitrogens is 2. The second-order valence-electron chi connectivity index (χ2n) is 6.68. The molecule has 2 aromatic carbocycles. The Balaban J connectivity index is 1.49. The zero-order valence-corrected chi connectivity index (χ0v) is 17.3. The fourth-order valence-corrected chi connectivity index (χ4v) is 3.06. The minimum Gasteiger partial charge on any atom is -0.493 e. The molecule has 8 heteroatoms. The molecule has 0 aliphatic carbocycles. The first-order valence-electron chi connectivity index (χ1n) is 9.58. The first-order chi connectivity index (χ1) is 15.1. The normalized spacial score (nSPS) is 11.7. The minimum absolute atomic E-state index is 0.318. The number of oxazole rings is 1. The average Bonchev–Trinajstić information content (AvgIpc) is 3.23.